The summed E-state index contributed by atoms with van der Waals surface area (Å²) in [6.45, 7) is 2.02. The van der Waals surface area contributed by atoms with Crippen molar-refractivity contribution >= 4 is 12.0 Å². The number of nitriles is 1. The summed E-state index contributed by atoms with van der Waals surface area (Å²) in [7, 11) is 0. The molecule has 1 N–H and O–H groups in total. The SMILES string of the molecule is CCOC(=O)/C=C/c1ccc(O)cc1C#N. The van der Waals surface area contributed by atoms with Crippen molar-refractivity contribution in [2.75, 3.05) is 6.61 Å². The van der Waals surface area contributed by atoms with Gasteiger partial charge in [-0.25, -0.2) is 4.79 Å². The maximum atomic E-state index is 11.0. The molecule has 0 aromatic heterocycles. The maximum Gasteiger partial charge on any atom is 0.330 e. The van der Waals surface area contributed by atoms with Gasteiger partial charge in [0.25, 0.3) is 0 Å². The average molecular weight is 217 g/mol. The van der Waals surface area contributed by atoms with Gasteiger partial charge in [-0.1, -0.05) is 0 Å². The van der Waals surface area contributed by atoms with Gasteiger partial charge in [-0.3, -0.25) is 0 Å². The lowest BCUT2D eigenvalue weighted by atomic mass is 10.1. The van der Waals surface area contributed by atoms with E-state index in [1.807, 2.05) is 6.07 Å². The van der Waals surface area contributed by atoms with E-state index in [2.05, 4.69) is 0 Å². The third-order valence-electron chi connectivity index (χ3n) is 1.84. The molecule has 0 bridgehead atoms. The zero-order chi connectivity index (χ0) is 12.0. The highest BCUT2D eigenvalue weighted by molar-refractivity contribution is 5.87. The van der Waals surface area contributed by atoms with E-state index in [1.54, 1.807) is 13.0 Å². The Morgan fingerprint density at radius 1 is 1.62 bits per heavy atom. The molecule has 1 aromatic rings. The first-order valence-corrected chi connectivity index (χ1v) is 4.75. The molecule has 0 atom stereocenters. The number of aromatic hydroxyl groups is 1. The number of esters is 1. The fraction of sp³-hybridized carbons (Fsp3) is 0.167. The molecule has 0 saturated heterocycles. The topological polar surface area (TPSA) is 70.3 Å². The minimum Gasteiger partial charge on any atom is -0.508 e. The Morgan fingerprint density at radius 2 is 2.38 bits per heavy atom. The van der Waals surface area contributed by atoms with Crippen molar-refractivity contribution in [3.63, 3.8) is 0 Å². The Labute approximate surface area is 93.4 Å². The molecular weight excluding hydrogens is 206 g/mol. The van der Waals surface area contributed by atoms with Crippen LogP contribution in [0.2, 0.25) is 0 Å². The van der Waals surface area contributed by atoms with Crippen LogP contribution >= 0.6 is 0 Å². The van der Waals surface area contributed by atoms with Gasteiger partial charge >= 0.3 is 5.97 Å². The third-order valence-corrected chi connectivity index (χ3v) is 1.84. The van der Waals surface area contributed by atoms with E-state index in [0.717, 1.165) is 0 Å². The summed E-state index contributed by atoms with van der Waals surface area (Å²) in [5, 5.41) is 18.0. The molecule has 82 valence electrons. The Hall–Kier alpha value is -2.28. The molecule has 0 heterocycles. The van der Waals surface area contributed by atoms with Gasteiger partial charge in [0.15, 0.2) is 0 Å². The summed E-state index contributed by atoms with van der Waals surface area (Å²) in [4.78, 5) is 11.0. The molecule has 0 saturated carbocycles. The fourth-order valence-corrected chi connectivity index (χ4v) is 1.13. The summed E-state index contributed by atoms with van der Waals surface area (Å²) < 4.78 is 4.70. The summed E-state index contributed by atoms with van der Waals surface area (Å²) in [6, 6.07) is 6.28. The molecule has 0 amide bonds. The van der Waals surface area contributed by atoms with Crippen molar-refractivity contribution in [2.45, 2.75) is 6.92 Å². The normalized spacial score (nSPS) is 10.0. The summed E-state index contributed by atoms with van der Waals surface area (Å²) >= 11 is 0. The van der Waals surface area contributed by atoms with E-state index in [4.69, 9.17) is 15.1 Å². The smallest absolute Gasteiger partial charge is 0.330 e. The number of phenolic OH excluding ortho intramolecular Hbond substituents is 1. The van der Waals surface area contributed by atoms with Crippen molar-refractivity contribution in [1.29, 1.82) is 5.26 Å². The van der Waals surface area contributed by atoms with E-state index >= 15 is 0 Å². The van der Waals surface area contributed by atoms with Gasteiger partial charge in [0.05, 0.1) is 18.2 Å². The summed E-state index contributed by atoms with van der Waals surface area (Å²) in [6.07, 6.45) is 2.73. The monoisotopic (exact) mass is 217 g/mol. The molecule has 0 aliphatic rings. The summed E-state index contributed by atoms with van der Waals surface area (Å²) in [5.74, 6) is -0.440. The zero-order valence-electron chi connectivity index (χ0n) is 8.80. The molecule has 0 spiro atoms. The number of ether oxygens (including phenoxy) is 1. The Bertz CT molecular complexity index is 458. The van der Waals surface area contributed by atoms with Gasteiger partial charge in [0.1, 0.15) is 5.75 Å². The first-order valence-electron chi connectivity index (χ1n) is 4.75. The molecule has 0 fully saturated rings. The highest BCUT2D eigenvalue weighted by Gasteiger charge is 2.01. The van der Waals surface area contributed by atoms with Gasteiger partial charge in [0.2, 0.25) is 0 Å². The van der Waals surface area contributed by atoms with Crippen LogP contribution in [0.3, 0.4) is 0 Å². The van der Waals surface area contributed by atoms with Gasteiger partial charge in [-0.2, -0.15) is 5.26 Å². The molecule has 4 nitrogen and oxygen atoms in total. The molecule has 4 heteroatoms. The minimum atomic E-state index is -0.459. The number of rotatable bonds is 3. The standard InChI is InChI=1S/C12H11NO3/c1-2-16-12(15)6-4-9-3-5-11(14)7-10(9)8-13/h3-7,14H,2H2,1H3/b6-4+. The Kier molecular flexibility index (Phi) is 4.10. The number of carbonyl (C=O) groups is 1. The van der Waals surface area contributed by atoms with E-state index in [-0.39, 0.29) is 5.75 Å². The second-order valence-electron chi connectivity index (χ2n) is 2.97. The lowest BCUT2D eigenvalue weighted by Crippen LogP contribution is -1.98. The highest BCUT2D eigenvalue weighted by Crippen LogP contribution is 2.16. The second kappa shape index (κ2) is 5.56. The van der Waals surface area contributed by atoms with E-state index in [1.165, 1.54) is 24.3 Å². The number of hydrogen-bond donors (Lipinski definition) is 1. The van der Waals surface area contributed by atoms with Crippen LogP contribution in [-0.2, 0) is 9.53 Å². The molecule has 0 radical (unpaired) electrons. The predicted octanol–water partition coefficient (Wildman–Crippen LogP) is 1.84. The van der Waals surface area contributed by atoms with E-state index < -0.39 is 5.97 Å². The van der Waals surface area contributed by atoms with Crippen molar-refractivity contribution in [1.82, 2.24) is 0 Å². The number of phenols is 1. The molecule has 1 rings (SSSR count). The molecule has 1 aromatic carbocycles. The number of carbonyl (C=O) groups excluding carboxylic acids is 1. The average Bonchev–Trinajstić information content (AvgIpc) is 2.27. The van der Waals surface area contributed by atoms with Crippen molar-refractivity contribution in [3.8, 4) is 11.8 Å². The first kappa shape index (κ1) is 11.8. The van der Waals surface area contributed by atoms with E-state index in [0.29, 0.717) is 17.7 Å². The quantitative estimate of drug-likeness (QED) is 0.619. The van der Waals surface area contributed by atoms with Crippen LogP contribution in [0.1, 0.15) is 18.1 Å². The van der Waals surface area contributed by atoms with Crippen LogP contribution in [0.25, 0.3) is 6.08 Å². The van der Waals surface area contributed by atoms with Crippen LogP contribution in [0.4, 0.5) is 0 Å². The predicted molar refractivity (Wildman–Crippen MR) is 58.5 cm³/mol. The lowest BCUT2D eigenvalue weighted by Gasteiger charge is -1.99. The van der Waals surface area contributed by atoms with E-state index in [9.17, 15) is 4.79 Å². The molecule has 0 unspecified atom stereocenters. The highest BCUT2D eigenvalue weighted by atomic mass is 16.5. The van der Waals surface area contributed by atoms with Crippen LogP contribution in [0.15, 0.2) is 24.3 Å². The number of hydrogen-bond acceptors (Lipinski definition) is 4. The van der Waals surface area contributed by atoms with Gasteiger partial charge in [-0.15, -0.1) is 0 Å². The number of benzene rings is 1. The van der Waals surface area contributed by atoms with Gasteiger partial charge in [0, 0.05) is 6.08 Å². The van der Waals surface area contributed by atoms with Gasteiger partial charge < -0.3 is 9.84 Å². The van der Waals surface area contributed by atoms with Crippen LogP contribution < -0.4 is 0 Å². The van der Waals surface area contributed by atoms with Crippen LogP contribution in [0, 0.1) is 11.3 Å². The zero-order valence-corrected chi connectivity index (χ0v) is 8.80. The fourth-order valence-electron chi connectivity index (χ4n) is 1.13. The van der Waals surface area contributed by atoms with Gasteiger partial charge in [-0.05, 0) is 36.8 Å². The Morgan fingerprint density at radius 3 is 3.00 bits per heavy atom. The van der Waals surface area contributed by atoms with Crippen molar-refractivity contribution < 1.29 is 14.6 Å². The van der Waals surface area contributed by atoms with Crippen molar-refractivity contribution in [2.24, 2.45) is 0 Å². The van der Waals surface area contributed by atoms with Crippen molar-refractivity contribution in [3.05, 3.63) is 35.4 Å². The van der Waals surface area contributed by atoms with Crippen LogP contribution in [-0.4, -0.2) is 17.7 Å². The molecule has 0 aliphatic carbocycles. The summed E-state index contributed by atoms with van der Waals surface area (Å²) in [5.41, 5.74) is 0.869. The maximum absolute atomic E-state index is 11.0. The second-order valence-corrected chi connectivity index (χ2v) is 2.97. The molecular formula is C12H11NO3. The minimum absolute atomic E-state index is 0.0184. The Balaban J connectivity index is 2.89. The molecule has 16 heavy (non-hydrogen) atoms. The van der Waals surface area contributed by atoms with Crippen LogP contribution in [0.5, 0.6) is 5.75 Å². The largest absolute Gasteiger partial charge is 0.508 e. The molecule has 0 aliphatic heterocycles. The third kappa shape index (κ3) is 3.14. The lowest BCUT2D eigenvalue weighted by molar-refractivity contribution is -0.137. The first-order chi connectivity index (χ1) is 7.67. The number of nitrogens with zero attached hydrogens (tertiary/aromatic N) is 1.